The summed E-state index contributed by atoms with van der Waals surface area (Å²) >= 11 is 0. The lowest BCUT2D eigenvalue weighted by atomic mass is 9.97. The quantitative estimate of drug-likeness (QED) is 0.862. The van der Waals surface area contributed by atoms with Crippen molar-refractivity contribution in [1.29, 1.82) is 0 Å². The largest absolute Gasteiger partial charge is 0.463 e. The predicted molar refractivity (Wildman–Crippen MR) is 80.3 cm³/mol. The number of hydrogen-bond donors (Lipinski definition) is 0. The van der Waals surface area contributed by atoms with E-state index in [1.165, 1.54) is 12.3 Å². The summed E-state index contributed by atoms with van der Waals surface area (Å²) in [5, 5.41) is 0. The molecule has 0 saturated carbocycles. The van der Waals surface area contributed by atoms with Crippen LogP contribution in [0.2, 0.25) is 0 Å². The molecule has 2 aromatic rings. The highest BCUT2D eigenvalue weighted by molar-refractivity contribution is 5.94. The summed E-state index contributed by atoms with van der Waals surface area (Å²) in [5.41, 5.74) is 0.0763. The number of amides is 1. The number of halogens is 1. The van der Waals surface area contributed by atoms with Crippen molar-refractivity contribution < 1.29 is 13.9 Å². The third kappa shape index (κ3) is 3.80. The number of carbonyl (C=O) groups is 1. The van der Waals surface area contributed by atoms with Gasteiger partial charge in [-0.1, -0.05) is 0 Å². The molecule has 0 bridgehead atoms. The fourth-order valence-electron chi connectivity index (χ4n) is 2.57. The van der Waals surface area contributed by atoms with Crippen molar-refractivity contribution in [3.8, 4) is 6.01 Å². The van der Waals surface area contributed by atoms with Crippen molar-refractivity contribution in [1.82, 2.24) is 19.9 Å². The topological polar surface area (TPSA) is 68.2 Å². The zero-order chi connectivity index (χ0) is 16.1. The molecule has 0 atom stereocenters. The average Bonchev–Trinajstić information content (AvgIpc) is 2.61. The summed E-state index contributed by atoms with van der Waals surface area (Å²) in [7, 11) is 0. The van der Waals surface area contributed by atoms with E-state index in [0.29, 0.717) is 31.6 Å². The molecule has 3 heterocycles. The van der Waals surface area contributed by atoms with Crippen LogP contribution >= 0.6 is 0 Å². The summed E-state index contributed by atoms with van der Waals surface area (Å²) in [6.07, 6.45) is 7.38. The summed E-state index contributed by atoms with van der Waals surface area (Å²) < 4.78 is 19.2. The van der Waals surface area contributed by atoms with E-state index < -0.39 is 5.82 Å². The number of carbonyl (C=O) groups excluding carboxylic acids is 1. The Morgan fingerprint density at radius 2 is 2.00 bits per heavy atom. The molecule has 0 radical (unpaired) electrons. The van der Waals surface area contributed by atoms with Crippen LogP contribution in [0.15, 0.2) is 36.9 Å². The zero-order valence-corrected chi connectivity index (χ0v) is 12.6. The molecule has 120 valence electrons. The lowest BCUT2D eigenvalue weighted by Crippen LogP contribution is -2.40. The number of nitrogens with zero attached hydrogens (tertiary/aromatic N) is 4. The highest BCUT2D eigenvalue weighted by Gasteiger charge is 2.25. The average molecular weight is 316 g/mol. The van der Waals surface area contributed by atoms with E-state index in [1.807, 2.05) is 0 Å². The molecule has 1 fully saturated rings. The van der Waals surface area contributed by atoms with Crippen LogP contribution in [0, 0.1) is 11.7 Å². The van der Waals surface area contributed by atoms with Crippen LogP contribution in [0.4, 0.5) is 4.39 Å². The lowest BCUT2D eigenvalue weighted by molar-refractivity contribution is 0.0652. The standard InChI is InChI=1S/C16H17FN4O2/c17-14-10-18-7-2-13(14)15(22)21-8-3-12(4-9-21)11-23-16-19-5-1-6-20-16/h1-2,5-7,10,12H,3-4,8-9,11H2. The number of ether oxygens (including phenoxy) is 1. The number of likely N-dealkylation sites (tertiary alicyclic amines) is 1. The summed E-state index contributed by atoms with van der Waals surface area (Å²) in [6.45, 7) is 1.70. The fourth-order valence-corrected chi connectivity index (χ4v) is 2.57. The van der Waals surface area contributed by atoms with Crippen LogP contribution in [0.5, 0.6) is 6.01 Å². The summed E-state index contributed by atoms with van der Waals surface area (Å²) in [6, 6.07) is 3.51. The van der Waals surface area contributed by atoms with E-state index in [1.54, 1.807) is 23.4 Å². The Bertz CT molecular complexity index is 660. The lowest BCUT2D eigenvalue weighted by Gasteiger charge is -2.31. The monoisotopic (exact) mass is 316 g/mol. The van der Waals surface area contributed by atoms with Gasteiger partial charge in [-0.05, 0) is 30.9 Å². The van der Waals surface area contributed by atoms with Crippen molar-refractivity contribution in [2.45, 2.75) is 12.8 Å². The first kappa shape index (κ1) is 15.3. The third-order valence-corrected chi connectivity index (χ3v) is 3.89. The van der Waals surface area contributed by atoms with E-state index in [0.717, 1.165) is 19.0 Å². The summed E-state index contributed by atoms with van der Waals surface area (Å²) in [5.74, 6) is -0.523. The highest BCUT2D eigenvalue weighted by atomic mass is 19.1. The van der Waals surface area contributed by atoms with E-state index in [2.05, 4.69) is 15.0 Å². The molecule has 6 nitrogen and oxygen atoms in total. The van der Waals surface area contributed by atoms with Crippen LogP contribution in [-0.2, 0) is 0 Å². The van der Waals surface area contributed by atoms with Gasteiger partial charge in [0.2, 0.25) is 0 Å². The maximum Gasteiger partial charge on any atom is 0.316 e. The Morgan fingerprint density at radius 1 is 1.26 bits per heavy atom. The minimum absolute atomic E-state index is 0.0763. The van der Waals surface area contributed by atoms with Gasteiger partial charge < -0.3 is 9.64 Å². The molecule has 1 saturated heterocycles. The first-order chi connectivity index (χ1) is 11.2. The minimum atomic E-state index is -0.579. The van der Waals surface area contributed by atoms with Crippen molar-refractivity contribution >= 4 is 5.91 Å². The van der Waals surface area contributed by atoms with Crippen molar-refractivity contribution in [2.24, 2.45) is 5.92 Å². The molecule has 0 unspecified atom stereocenters. The third-order valence-electron chi connectivity index (χ3n) is 3.89. The van der Waals surface area contributed by atoms with E-state index in [-0.39, 0.29) is 11.5 Å². The molecule has 0 aromatic carbocycles. The second-order valence-corrected chi connectivity index (χ2v) is 5.43. The molecule has 2 aromatic heterocycles. The molecule has 7 heteroatoms. The van der Waals surface area contributed by atoms with E-state index >= 15 is 0 Å². The van der Waals surface area contributed by atoms with Crippen LogP contribution in [0.3, 0.4) is 0 Å². The normalized spacial score (nSPS) is 15.4. The number of hydrogen-bond acceptors (Lipinski definition) is 5. The Labute approximate surface area is 133 Å². The second-order valence-electron chi connectivity index (χ2n) is 5.43. The van der Waals surface area contributed by atoms with Crippen molar-refractivity contribution in [3.05, 3.63) is 48.3 Å². The molecule has 1 amide bonds. The van der Waals surface area contributed by atoms with Gasteiger partial charge in [-0.2, -0.15) is 0 Å². The first-order valence-corrected chi connectivity index (χ1v) is 7.52. The number of aromatic nitrogens is 3. The zero-order valence-electron chi connectivity index (χ0n) is 12.6. The molecular weight excluding hydrogens is 299 g/mol. The van der Waals surface area contributed by atoms with Gasteiger partial charge in [0.15, 0.2) is 5.82 Å². The highest BCUT2D eigenvalue weighted by Crippen LogP contribution is 2.20. The Balaban J connectivity index is 1.50. The van der Waals surface area contributed by atoms with Gasteiger partial charge in [0.1, 0.15) is 0 Å². The molecule has 0 spiro atoms. The van der Waals surface area contributed by atoms with Gasteiger partial charge in [0.05, 0.1) is 18.4 Å². The van der Waals surface area contributed by atoms with Crippen LogP contribution in [-0.4, -0.2) is 45.5 Å². The fraction of sp³-hybridized carbons (Fsp3) is 0.375. The minimum Gasteiger partial charge on any atom is -0.463 e. The number of rotatable bonds is 4. The van der Waals surface area contributed by atoms with Gasteiger partial charge in [0.25, 0.3) is 5.91 Å². The first-order valence-electron chi connectivity index (χ1n) is 7.52. The maximum atomic E-state index is 13.6. The van der Waals surface area contributed by atoms with Gasteiger partial charge in [-0.3, -0.25) is 9.78 Å². The van der Waals surface area contributed by atoms with Crippen LogP contribution in [0.25, 0.3) is 0 Å². The molecular formula is C16H17FN4O2. The maximum absolute atomic E-state index is 13.6. The van der Waals surface area contributed by atoms with Crippen molar-refractivity contribution in [2.75, 3.05) is 19.7 Å². The second kappa shape index (κ2) is 7.13. The van der Waals surface area contributed by atoms with Crippen LogP contribution in [0.1, 0.15) is 23.2 Å². The Kier molecular flexibility index (Phi) is 4.75. The molecule has 23 heavy (non-hydrogen) atoms. The molecule has 3 rings (SSSR count). The Hall–Kier alpha value is -2.57. The molecule has 0 aliphatic carbocycles. The van der Waals surface area contributed by atoms with Gasteiger partial charge in [0, 0.05) is 31.7 Å². The number of piperidine rings is 1. The van der Waals surface area contributed by atoms with Gasteiger partial charge in [-0.25, -0.2) is 14.4 Å². The molecule has 0 N–H and O–H groups in total. The molecule has 1 aliphatic rings. The molecule has 1 aliphatic heterocycles. The van der Waals surface area contributed by atoms with Gasteiger partial charge >= 0.3 is 6.01 Å². The van der Waals surface area contributed by atoms with Crippen molar-refractivity contribution in [3.63, 3.8) is 0 Å². The van der Waals surface area contributed by atoms with Gasteiger partial charge in [-0.15, -0.1) is 0 Å². The SMILES string of the molecule is O=C(c1ccncc1F)N1CCC(COc2ncccn2)CC1. The smallest absolute Gasteiger partial charge is 0.316 e. The predicted octanol–water partition coefficient (Wildman–Crippen LogP) is 1.94. The number of pyridine rings is 1. The van der Waals surface area contributed by atoms with E-state index in [9.17, 15) is 9.18 Å². The Morgan fingerprint density at radius 3 is 2.70 bits per heavy atom. The van der Waals surface area contributed by atoms with Crippen LogP contribution < -0.4 is 4.74 Å². The summed E-state index contributed by atoms with van der Waals surface area (Å²) in [4.78, 5) is 25.7. The van der Waals surface area contributed by atoms with E-state index in [4.69, 9.17) is 4.74 Å².